The van der Waals surface area contributed by atoms with E-state index < -0.39 is 0 Å². The fraction of sp³-hybridized carbons (Fsp3) is 0.154. The minimum atomic E-state index is 0.268. The van der Waals surface area contributed by atoms with Crippen LogP contribution in [0.3, 0.4) is 0 Å². The first-order valence-electron chi connectivity index (χ1n) is 5.63. The summed E-state index contributed by atoms with van der Waals surface area (Å²) in [7, 11) is 1.95. The van der Waals surface area contributed by atoms with Crippen LogP contribution in [0.4, 0.5) is 0 Å². The van der Waals surface area contributed by atoms with Gasteiger partial charge in [0.25, 0.3) is 0 Å². The summed E-state index contributed by atoms with van der Waals surface area (Å²) >= 11 is 0. The van der Waals surface area contributed by atoms with E-state index in [1.807, 2.05) is 49.0 Å². The number of benzene rings is 1. The summed E-state index contributed by atoms with van der Waals surface area (Å²) in [5.41, 5.74) is 2.84. The molecule has 1 aromatic heterocycles. The minimum Gasteiger partial charge on any atom is -0.201 e. The van der Waals surface area contributed by atoms with Crippen LogP contribution in [0.25, 0.3) is 11.3 Å². The van der Waals surface area contributed by atoms with Crippen LogP contribution >= 0.6 is 0 Å². The lowest BCUT2D eigenvalue weighted by molar-refractivity contribution is -0.660. The van der Waals surface area contributed by atoms with Gasteiger partial charge in [0.15, 0.2) is 6.20 Å². The highest BCUT2D eigenvalue weighted by Crippen LogP contribution is 2.18. The van der Waals surface area contributed by atoms with E-state index in [2.05, 4.69) is 0 Å². The van der Waals surface area contributed by atoms with E-state index in [0.29, 0.717) is 6.04 Å². The second-order valence-corrected chi connectivity index (χ2v) is 3.36. The van der Waals surface area contributed by atoms with Gasteiger partial charge in [-0.15, -0.1) is 0 Å². The topological polar surface area (TPSA) is 3.88 Å². The molecule has 2 rings (SSSR count). The Kier molecular flexibility index (Phi) is 1.75. The number of hydrogen-bond acceptors (Lipinski definition) is 0. The molecule has 0 aliphatic carbocycles. The fourth-order valence-corrected chi connectivity index (χ4v) is 1.51. The zero-order chi connectivity index (χ0) is 11.7. The van der Waals surface area contributed by atoms with Gasteiger partial charge in [-0.1, -0.05) is 18.2 Å². The number of rotatable bonds is 1. The molecule has 0 saturated heterocycles. The van der Waals surface area contributed by atoms with E-state index in [0.717, 1.165) is 16.8 Å². The smallest absolute Gasteiger partial charge is 0.201 e. The van der Waals surface area contributed by atoms with Crippen molar-refractivity contribution < 1.29 is 7.31 Å². The maximum absolute atomic E-state index is 7.97. The van der Waals surface area contributed by atoms with E-state index in [4.69, 9.17) is 2.74 Å². The monoisotopic (exact) mass is 186 g/mol. The summed E-state index contributed by atoms with van der Waals surface area (Å²) in [5.74, 6) is 0. The Labute approximate surface area is 87.5 Å². The van der Waals surface area contributed by atoms with Crippen LogP contribution in [0.1, 0.15) is 8.30 Å². The highest BCUT2D eigenvalue weighted by molar-refractivity contribution is 5.60. The van der Waals surface area contributed by atoms with Crippen LogP contribution in [0.15, 0.2) is 48.6 Å². The van der Waals surface area contributed by atoms with Crippen molar-refractivity contribution in [3.63, 3.8) is 0 Å². The molecule has 0 unspecified atom stereocenters. The summed E-state index contributed by atoms with van der Waals surface area (Å²) in [5, 5.41) is 0. The lowest BCUT2D eigenvalue weighted by atomic mass is 10.1. The van der Waals surface area contributed by atoms with Crippen LogP contribution in [-0.4, -0.2) is 0 Å². The molecule has 0 aliphatic heterocycles. The first kappa shape index (κ1) is 6.77. The van der Waals surface area contributed by atoms with Gasteiger partial charge in [0, 0.05) is 17.7 Å². The summed E-state index contributed by atoms with van der Waals surface area (Å²) in [4.78, 5) is 0. The Hall–Kier alpha value is -1.63. The normalized spacial score (nSPS) is 12.1. The number of pyridine rings is 1. The van der Waals surface area contributed by atoms with Crippen molar-refractivity contribution >= 4 is 0 Å². The molecule has 70 valence electrons. The first-order valence-corrected chi connectivity index (χ1v) is 4.63. The van der Waals surface area contributed by atoms with Gasteiger partial charge in [0.2, 0.25) is 5.69 Å². The lowest BCUT2D eigenvalue weighted by Crippen LogP contribution is -2.30. The quantitative estimate of drug-likeness (QED) is 0.602. The van der Waals surface area contributed by atoms with E-state index in [-0.39, 0.29) is 6.04 Å². The van der Waals surface area contributed by atoms with Gasteiger partial charge in [-0.3, -0.25) is 0 Å². The van der Waals surface area contributed by atoms with Gasteiger partial charge in [-0.2, -0.15) is 0 Å². The van der Waals surface area contributed by atoms with Crippen molar-refractivity contribution in [3.05, 3.63) is 54.2 Å². The molecular formula is C13H14N+. The Bertz CT molecular complexity index is 535. The van der Waals surface area contributed by atoms with E-state index in [9.17, 15) is 0 Å². The molecule has 1 heteroatoms. The number of nitrogens with zero attached hydrogens (tertiary/aromatic N) is 1. The van der Waals surface area contributed by atoms with Gasteiger partial charge < -0.3 is 0 Å². The second kappa shape index (κ2) is 3.62. The van der Waals surface area contributed by atoms with Crippen LogP contribution in [0.5, 0.6) is 0 Å². The molecule has 0 atom stereocenters. The van der Waals surface area contributed by atoms with Gasteiger partial charge in [-0.25, -0.2) is 4.57 Å². The average Bonchev–Trinajstić information content (AvgIpc) is 2.27. The standard InChI is InChI=1S/C13H14N/c1-11-7-3-4-8-12(11)13-9-5-6-10-14(13)2/h3-10H,1-2H3/q+1/i4D,8D. The average molecular weight is 186 g/mol. The molecule has 0 fully saturated rings. The third-order valence-corrected chi connectivity index (χ3v) is 2.32. The zero-order valence-corrected chi connectivity index (χ0v) is 8.41. The Morgan fingerprint density at radius 2 is 2.07 bits per heavy atom. The molecule has 2 aromatic rings. The molecule has 1 heterocycles. The number of hydrogen-bond donors (Lipinski definition) is 0. The zero-order valence-electron chi connectivity index (χ0n) is 10.4. The summed E-state index contributed by atoms with van der Waals surface area (Å²) < 4.78 is 17.6. The third-order valence-electron chi connectivity index (χ3n) is 2.32. The Balaban J connectivity index is 2.74. The predicted molar refractivity (Wildman–Crippen MR) is 57.8 cm³/mol. The fourth-order valence-electron chi connectivity index (χ4n) is 1.51. The van der Waals surface area contributed by atoms with E-state index >= 15 is 0 Å². The molecule has 1 aromatic carbocycles. The van der Waals surface area contributed by atoms with Crippen molar-refractivity contribution in [2.24, 2.45) is 7.05 Å². The van der Waals surface area contributed by atoms with Crippen LogP contribution in [0, 0.1) is 6.92 Å². The SMILES string of the molecule is [2H]c1ccc(C)c(-c2cccc[n+]2C)c1[2H]. The van der Waals surface area contributed by atoms with Crippen molar-refractivity contribution in [1.29, 1.82) is 0 Å². The molecule has 0 saturated carbocycles. The molecule has 14 heavy (non-hydrogen) atoms. The van der Waals surface area contributed by atoms with Crippen molar-refractivity contribution in [1.82, 2.24) is 0 Å². The summed E-state index contributed by atoms with van der Waals surface area (Å²) in [6, 6.07) is 10.00. The van der Waals surface area contributed by atoms with Crippen LogP contribution in [0.2, 0.25) is 0 Å². The minimum absolute atomic E-state index is 0.268. The maximum Gasteiger partial charge on any atom is 0.212 e. The van der Waals surface area contributed by atoms with Crippen molar-refractivity contribution in [3.8, 4) is 11.3 Å². The second-order valence-electron chi connectivity index (χ2n) is 3.36. The number of aryl methyl sites for hydroxylation is 2. The Morgan fingerprint density at radius 1 is 1.21 bits per heavy atom. The molecular weight excluding hydrogens is 170 g/mol. The molecule has 0 spiro atoms. The summed E-state index contributed by atoms with van der Waals surface area (Å²) in [6.07, 6.45) is 1.95. The molecule has 0 bridgehead atoms. The van der Waals surface area contributed by atoms with Gasteiger partial charge in [0.05, 0.1) is 2.74 Å². The van der Waals surface area contributed by atoms with E-state index in [1.54, 1.807) is 6.07 Å². The largest absolute Gasteiger partial charge is 0.212 e. The highest BCUT2D eigenvalue weighted by atomic mass is 14.9. The van der Waals surface area contributed by atoms with Crippen LogP contribution < -0.4 is 4.57 Å². The van der Waals surface area contributed by atoms with Gasteiger partial charge >= 0.3 is 0 Å². The molecule has 0 amide bonds. The third kappa shape index (κ3) is 1.53. The molecule has 0 N–H and O–H groups in total. The van der Waals surface area contributed by atoms with E-state index in [1.165, 1.54) is 0 Å². The molecule has 0 aliphatic rings. The first-order chi connectivity index (χ1) is 7.61. The van der Waals surface area contributed by atoms with Gasteiger partial charge in [0.1, 0.15) is 7.05 Å². The lowest BCUT2D eigenvalue weighted by Gasteiger charge is -2.02. The predicted octanol–water partition coefficient (Wildman–Crippen LogP) is 2.49. The van der Waals surface area contributed by atoms with Gasteiger partial charge in [-0.05, 0) is 24.6 Å². The number of aromatic nitrogens is 1. The van der Waals surface area contributed by atoms with Crippen LogP contribution in [-0.2, 0) is 7.05 Å². The summed E-state index contributed by atoms with van der Waals surface area (Å²) in [6.45, 7) is 1.97. The highest BCUT2D eigenvalue weighted by Gasteiger charge is 2.09. The Morgan fingerprint density at radius 3 is 2.86 bits per heavy atom. The molecule has 1 nitrogen and oxygen atoms in total. The van der Waals surface area contributed by atoms with Crippen molar-refractivity contribution in [2.75, 3.05) is 0 Å². The molecule has 0 radical (unpaired) electrons. The maximum atomic E-state index is 7.97. The van der Waals surface area contributed by atoms with Crippen molar-refractivity contribution in [2.45, 2.75) is 6.92 Å².